The van der Waals surface area contributed by atoms with Crippen molar-refractivity contribution >= 4 is 84.3 Å². The maximum Gasteiger partial charge on any atom is 0.135 e. The molecule has 0 bridgehead atoms. The summed E-state index contributed by atoms with van der Waals surface area (Å²) in [6.07, 6.45) is 11.4. The first kappa shape index (κ1) is 31.3. The van der Waals surface area contributed by atoms with Gasteiger partial charge in [-0.25, -0.2) is 0 Å². The van der Waals surface area contributed by atoms with E-state index in [9.17, 15) is 0 Å². The fourth-order valence-electron chi connectivity index (χ4n) is 9.30. The van der Waals surface area contributed by atoms with E-state index < -0.39 is 0 Å². The van der Waals surface area contributed by atoms with Crippen LogP contribution >= 0.6 is 11.3 Å². The lowest BCUT2D eigenvalue weighted by atomic mass is 9.76. The van der Waals surface area contributed by atoms with Crippen molar-refractivity contribution in [3.63, 3.8) is 0 Å². The fourth-order valence-corrected chi connectivity index (χ4v) is 10.5. The highest BCUT2D eigenvalue weighted by Gasteiger charge is 2.42. The van der Waals surface area contributed by atoms with Crippen molar-refractivity contribution in [3.8, 4) is 16.9 Å². The molecule has 11 rings (SSSR count). The van der Waals surface area contributed by atoms with Gasteiger partial charge in [-0.3, -0.25) is 0 Å². The van der Waals surface area contributed by atoms with Crippen molar-refractivity contribution in [3.05, 3.63) is 189 Å². The van der Waals surface area contributed by atoms with Crippen molar-refractivity contribution in [1.82, 2.24) is 0 Å². The third-order valence-corrected chi connectivity index (χ3v) is 13.0. The van der Waals surface area contributed by atoms with Crippen molar-refractivity contribution in [2.45, 2.75) is 24.9 Å². The van der Waals surface area contributed by atoms with Crippen LogP contribution in [0, 0.1) is 0 Å². The third kappa shape index (κ3) is 4.70. The van der Waals surface area contributed by atoms with Gasteiger partial charge in [0.25, 0.3) is 0 Å². The summed E-state index contributed by atoms with van der Waals surface area (Å²) in [5.74, 6) is 1.13. The average Bonchev–Trinajstić information content (AvgIpc) is 3.80. The summed E-state index contributed by atoms with van der Waals surface area (Å²) in [5.41, 5.74) is 11.1. The van der Waals surface area contributed by atoms with Crippen LogP contribution in [0.2, 0.25) is 0 Å². The van der Waals surface area contributed by atoms with Gasteiger partial charge in [0.15, 0.2) is 0 Å². The first-order chi connectivity index (χ1) is 26.6. The van der Waals surface area contributed by atoms with Gasteiger partial charge in [-0.05, 0) is 108 Å². The maximum atomic E-state index is 6.85. The Morgan fingerprint density at radius 3 is 2.20 bits per heavy atom. The van der Waals surface area contributed by atoms with Gasteiger partial charge in [0.1, 0.15) is 11.9 Å². The largest absolute Gasteiger partial charge is 0.484 e. The fraction of sp³-hybridized carbons (Fsp3) is 0.0769. The smallest absolute Gasteiger partial charge is 0.135 e. The van der Waals surface area contributed by atoms with Gasteiger partial charge in [-0.2, -0.15) is 0 Å². The van der Waals surface area contributed by atoms with Crippen molar-refractivity contribution in [1.29, 1.82) is 0 Å². The van der Waals surface area contributed by atoms with Gasteiger partial charge >= 0.3 is 0 Å². The van der Waals surface area contributed by atoms with Crippen molar-refractivity contribution in [2.75, 3.05) is 0 Å². The highest BCUT2D eigenvalue weighted by Crippen LogP contribution is 2.53. The molecule has 0 fully saturated rings. The van der Waals surface area contributed by atoms with E-state index in [0.29, 0.717) is 0 Å². The second-order valence-electron chi connectivity index (χ2n) is 14.8. The molecular weight excluding hydrogens is 673 g/mol. The minimum Gasteiger partial charge on any atom is -0.484 e. The molecule has 256 valence electrons. The molecule has 2 heterocycles. The summed E-state index contributed by atoms with van der Waals surface area (Å²) in [7, 11) is 0. The van der Waals surface area contributed by atoms with E-state index in [1.54, 1.807) is 0 Å². The lowest BCUT2D eigenvalue weighted by Crippen LogP contribution is -2.33. The number of para-hydroxylation sites is 1. The van der Waals surface area contributed by atoms with Gasteiger partial charge in [-0.15, -0.1) is 11.3 Å². The zero-order valence-electron chi connectivity index (χ0n) is 29.8. The number of allylic oxidation sites excluding steroid dienone is 1. The molecule has 0 amide bonds. The van der Waals surface area contributed by atoms with Crippen LogP contribution in [0.15, 0.2) is 140 Å². The number of rotatable bonds is 4. The Balaban J connectivity index is 1.08. The monoisotopic (exact) mass is 708 g/mol. The number of hydrogen-bond acceptors (Lipinski definition) is 2. The molecule has 2 unspecified atom stereocenters. The van der Waals surface area contributed by atoms with Gasteiger partial charge < -0.3 is 4.74 Å². The summed E-state index contributed by atoms with van der Waals surface area (Å²) in [6, 6.07) is 48.5. The van der Waals surface area contributed by atoms with Crippen LogP contribution in [-0.2, 0) is 0 Å². The number of fused-ring (bicyclic) bond motifs is 11. The number of hydrogen-bond donors (Lipinski definition) is 0. The van der Waals surface area contributed by atoms with Gasteiger partial charge in [-0.1, -0.05) is 147 Å². The molecule has 0 N–H and O–H groups in total. The first-order valence-electron chi connectivity index (χ1n) is 18.8. The van der Waals surface area contributed by atoms with Crippen LogP contribution < -0.4 is 25.6 Å². The molecule has 54 heavy (non-hydrogen) atoms. The quantitative estimate of drug-likeness (QED) is 0.177. The summed E-state index contributed by atoms with van der Waals surface area (Å²) in [5, 5.41) is 9.81. The van der Waals surface area contributed by atoms with Crippen LogP contribution in [-0.4, -0.2) is 6.10 Å². The Morgan fingerprint density at radius 1 is 0.648 bits per heavy atom. The summed E-state index contributed by atoms with van der Waals surface area (Å²) >= 11 is 1.90. The Hall–Kier alpha value is -6.22. The van der Waals surface area contributed by atoms with Gasteiger partial charge in [0, 0.05) is 31.3 Å². The van der Waals surface area contributed by atoms with Crippen LogP contribution in [0.25, 0.3) is 84.1 Å². The highest BCUT2D eigenvalue weighted by atomic mass is 32.1. The third-order valence-electron chi connectivity index (χ3n) is 11.7. The predicted octanol–water partition coefficient (Wildman–Crippen LogP) is 10.6. The van der Waals surface area contributed by atoms with E-state index in [0.717, 1.165) is 34.6 Å². The molecule has 1 aliphatic heterocycles. The Bertz CT molecular complexity index is 3180. The van der Waals surface area contributed by atoms with E-state index in [-0.39, 0.29) is 12.0 Å². The zero-order valence-corrected chi connectivity index (χ0v) is 30.6. The molecular formula is C52H36OS. The molecule has 0 saturated carbocycles. The second kappa shape index (κ2) is 12.2. The molecule has 1 nitrogen and oxygen atoms in total. The second-order valence-corrected chi connectivity index (χ2v) is 15.8. The maximum absolute atomic E-state index is 6.85. The van der Waals surface area contributed by atoms with E-state index in [4.69, 9.17) is 4.74 Å². The molecule has 7 aromatic carbocycles. The van der Waals surface area contributed by atoms with E-state index in [1.807, 2.05) is 17.4 Å². The number of benzene rings is 7. The Kier molecular flexibility index (Phi) is 7.05. The standard InChI is InChI=1S/C52H36OS/c1-31-13-3-4-14-35(31)29-32(2)48-37-16-5-7-18-39(37)49(40-19-8-6-17-38(40)48)34-25-23-33(24-26-34)44-30-45-41(50-43-20-9-11-21-46(43)53-51(44)50)27-28-42-36-15-10-12-22-47(36)54-52(42)45/h3-5,7,9-30,50-51H,1-2,6,8H2/b35-29-. The lowest BCUT2D eigenvalue weighted by molar-refractivity contribution is 0.276. The molecule has 2 aliphatic carbocycles. The molecule has 3 aliphatic rings. The highest BCUT2D eigenvalue weighted by molar-refractivity contribution is 7.26. The van der Waals surface area contributed by atoms with E-state index in [2.05, 4.69) is 165 Å². The predicted molar refractivity (Wildman–Crippen MR) is 231 cm³/mol. The molecule has 2 heteroatoms. The lowest BCUT2D eigenvalue weighted by Gasteiger charge is -2.29. The van der Waals surface area contributed by atoms with Crippen LogP contribution in [0.3, 0.4) is 0 Å². The van der Waals surface area contributed by atoms with Gasteiger partial charge in [0.05, 0.1) is 5.92 Å². The Morgan fingerprint density at radius 2 is 1.35 bits per heavy atom. The van der Waals surface area contributed by atoms with Crippen molar-refractivity contribution in [2.24, 2.45) is 0 Å². The molecule has 0 radical (unpaired) electrons. The van der Waals surface area contributed by atoms with E-state index in [1.165, 1.54) is 85.9 Å². The topological polar surface area (TPSA) is 9.23 Å². The summed E-state index contributed by atoms with van der Waals surface area (Å²) in [6.45, 7) is 8.91. The van der Waals surface area contributed by atoms with Crippen LogP contribution in [0.1, 0.15) is 46.6 Å². The summed E-state index contributed by atoms with van der Waals surface area (Å²) in [4.78, 5) is 0. The zero-order chi connectivity index (χ0) is 35.9. The minimum absolute atomic E-state index is 0.0888. The Labute approximate surface area is 318 Å². The molecule has 8 aromatic rings. The molecule has 0 saturated heterocycles. The van der Waals surface area contributed by atoms with Crippen LogP contribution in [0.4, 0.5) is 0 Å². The van der Waals surface area contributed by atoms with Crippen molar-refractivity contribution < 1.29 is 4.74 Å². The average molecular weight is 709 g/mol. The van der Waals surface area contributed by atoms with Crippen LogP contribution in [0.5, 0.6) is 5.75 Å². The molecule has 2 atom stereocenters. The van der Waals surface area contributed by atoms with E-state index >= 15 is 0 Å². The number of ether oxygens (including phenoxy) is 1. The minimum atomic E-state index is -0.0888. The van der Waals surface area contributed by atoms with Gasteiger partial charge in [0.2, 0.25) is 0 Å². The molecule has 0 spiro atoms. The SMILES string of the molecule is C=C(/C=c1/ccccc1=C)c1c2c(c(-c3ccc(C4=Cc5c(ccc6c5sc5ccccc56)C5c6ccccc6OC45)cc3)c3ccccc13)=CCCC=2. The molecule has 1 aromatic heterocycles. The summed E-state index contributed by atoms with van der Waals surface area (Å²) < 4.78 is 9.53. The number of thiophene rings is 1. The first-order valence-corrected chi connectivity index (χ1v) is 19.7. The normalized spacial score (nSPS) is 17.2.